The molecule has 0 spiro atoms. The van der Waals surface area contributed by atoms with Crippen LogP contribution >= 0.6 is 11.6 Å². The predicted octanol–water partition coefficient (Wildman–Crippen LogP) is 3.50. The van der Waals surface area contributed by atoms with Crippen LogP contribution in [0.3, 0.4) is 0 Å². The lowest BCUT2D eigenvalue weighted by Crippen LogP contribution is -2.44. The van der Waals surface area contributed by atoms with Crippen LogP contribution in [0.5, 0.6) is 5.75 Å². The van der Waals surface area contributed by atoms with Gasteiger partial charge in [0, 0.05) is 31.2 Å². The van der Waals surface area contributed by atoms with E-state index in [0.29, 0.717) is 10.8 Å². The van der Waals surface area contributed by atoms with E-state index in [0.717, 1.165) is 37.6 Å². The number of amides is 1. The molecule has 0 radical (unpaired) electrons. The van der Waals surface area contributed by atoms with E-state index >= 15 is 0 Å². The van der Waals surface area contributed by atoms with Crippen molar-refractivity contribution in [1.29, 1.82) is 0 Å². The van der Waals surface area contributed by atoms with Crippen molar-refractivity contribution in [2.24, 2.45) is 0 Å². The molecule has 1 N–H and O–H groups in total. The quantitative estimate of drug-likeness (QED) is 0.871. The lowest BCUT2D eigenvalue weighted by Gasteiger charge is -2.35. The molecule has 0 aromatic heterocycles. The van der Waals surface area contributed by atoms with E-state index in [1.807, 2.05) is 42.5 Å². The number of likely N-dealkylation sites (N-methyl/N-ethyl adjacent to an activating group) is 1. The molecule has 0 bridgehead atoms. The summed E-state index contributed by atoms with van der Waals surface area (Å²) in [5.41, 5.74) is 1.71. The van der Waals surface area contributed by atoms with Gasteiger partial charge in [-0.3, -0.25) is 4.79 Å². The van der Waals surface area contributed by atoms with Gasteiger partial charge in [-0.15, -0.1) is 0 Å². The highest BCUT2D eigenvalue weighted by Gasteiger charge is 2.21. The molecule has 1 unspecified atom stereocenters. The molecule has 2 aromatic rings. The number of piperazine rings is 1. The van der Waals surface area contributed by atoms with E-state index in [1.165, 1.54) is 0 Å². The molecule has 3 rings (SSSR count). The van der Waals surface area contributed by atoms with Crippen LogP contribution in [-0.4, -0.2) is 50.1 Å². The number of rotatable bonds is 5. The van der Waals surface area contributed by atoms with Gasteiger partial charge in [0.25, 0.3) is 5.91 Å². The molecule has 1 aliphatic rings. The summed E-state index contributed by atoms with van der Waals surface area (Å²) in [7, 11) is 2.12. The summed E-state index contributed by atoms with van der Waals surface area (Å²) in [6, 6.07) is 14.9. The topological polar surface area (TPSA) is 44.8 Å². The normalized spacial score (nSPS) is 16.2. The van der Waals surface area contributed by atoms with Crippen molar-refractivity contribution in [2.45, 2.75) is 13.0 Å². The number of halogens is 1. The van der Waals surface area contributed by atoms with Gasteiger partial charge in [0.2, 0.25) is 0 Å². The zero-order chi connectivity index (χ0) is 18.5. The van der Waals surface area contributed by atoms with Gasteiger partial charge in [0.1, 0.15) is 5.75 Å². The number of hydrogen-bond acceptors (Lipinski definition) is 4. The third-order valence-electron chi connectivity index (χ3n) is 4.49. The van der Waals surface area contributed by atoms with Crippen LogP contribution in [0.1, 0.15) is 6.92 Å². The maximum atomic E-state index is 12.6. The Labute approximate surface area is 159 Å². The Bertz CT molecular complexity index is 746. The summed E-state index contributed by atoms with van der Waals surface area (Å²) < 4.78 is 5.71. The van der Waals surface area contributed by atoms with Crippen molar-refractivity contribution in [2.75, 3.05) is 43.4 Å². The number of para-hydroxylation sites is 1. The number of carbonyl (C=O) groups is 1. The zero-order valence-corrected chi connectivity index (χ0v) is 15.9. The molecule has 2 aromatic carbocycles. The average Bonchev–Trinajstić information content (AvgIpc) is 2.63. The van der Waals surface area contributed by atoms with Crippen LogP contribution in [-0.2, 0) is 4.79 Å². The summed E-state index contributed by atoms with van der Waals surface area (Å²) in [6.45, 7) is 5.55. The SMILES string of the molecule is CC(Oc1ccccc1)C(=O)Nc1cc(Cl)ccc1N1CCN(C)CC1. The average molecular weight is 374 g/mol. The lowest BCUT2D eigenvalue weighted by atomic mass is 10.2. The molecule has 1 fully saturated rings. The highest BCUT2D eigenvalue weighted by molar-refractivity contribution is 6.31. The summed E-state index contributed by atoms with van der Waals surface area (Å²) in [5.74, 6) is 0.465. The molecule has 26 heavy (non-hydrogen) atoms. The Morgan fingerprint density at radius 1 is 1.12 bits per heavy atom. The number of hydrogen-bond donors (Lipinski definition) is 1. The zero-order valence-electron chi connectivity index (χ0n) is 15.1. The largest absolute Gasteiger partial charge is 0.481 e. The fourth-order valence-corrected chi connectivity index (χ4v) is 3.09. The number of nitrogens with one attached hydrogen (secondary N) is 1. The number of anilines is 2. The molecule has 138 valence electrons. The fraction of sp³-hybridized carbons (Fsp3) is 0.350. The van der Waals surface area contributed by atoms with Crippen molar-refractivity contribution in [1.82, 2.24) is 4.90 Å². The Balaban J connectivity index is 1.72. The predicted molar refractivity (Wildman–Crippen MR) is 106 cm³/mol. The van der Waals surface area contributed by atoms with Crippen molar-refractivity contribution in [3.8, 4) is 5.75 Å². The van der Waals surface area contributed by atoms with Gasteiger partial charge in [-0.1, -0.05) is 29.8 Å². The van der Waals surface area contributed by atoms with Crippen LogP contribution in [0.2, 0.25) is 5.02 Å². The molecule has 1 heterocycles. The van der Waals surface area contributed by atoms with Gasteiger partial charge in [-0.25, -0.2) is 0 Å². The summed E-state index contributed by atoms with van der Waals surface area (Å²) in [4.78, 5) is 17.2. The molecule has 1 atom stereocenters. The Hall–Kier alpha value is -2.24. The maximum absolute atomic E-state index is 12.6. The van der Waals surface area contributed by atoms with E-state index in [4.69, 9.17) is 16.3 Å². The molecular formula is C20H24ClN3O2. The van der Waals surface area contributed by atoms with Crippen molar-refractivity contribution >= 4 is 28.9 Å². The smallest absolute Gasteiger partial charge is 0.265 e. The molecule has 1 saturated heterocycles. The highest BCUT2D eigenvalue weighted by Crippen LogP contribution is 2.30. The molecule has 5 nitrogen and oxygen atoms in total. The van der Waals surface area contributed by atoms with E-state index < -0.39 is 6.10 Å². The molecular weight excluding hydrogens is 350 g/mol. The van der Waals surface area contributed by atoms with Gasteiger partial charge >= 0.3 is 0 Å². The van der Waals surface area contributed by atoms with Crippen LogP contribution < -0.4 is 15.0 Å². The van der Waals surface area contributed by atoms with Crippen LogP contribution in [0.25, 0.3) is 0 Å². The lowest BCUT2D eigenvalue weighted by molar-refractivity contribution is -0.122. The second-order valence-electron chi connectivity index (χ2n) is 6.51. The number of ether oxygens (including phenoxy) is 1. The van der Waals surface area contributed by atoms with Gasteiger partial charge in [-0.05, 0) is 44.3 Å². The van der Waals surface area contributed by atoms with Crippen LogP contribution in [0, 0.1) is 0 Å². The Morgan fingerprint density at radius 2 is 1.81 bits per heavy atom. The number of benzene rings is 2. The summed E-state index contributed by atoms with van der Waals surface area (Å²) in [6.07, 6.45) is -0.614. The molecule has 0 aliphatic carbocycles. The molecule has 1 aliphatic heterocycles. The molecule has 1 amide bonds. The standard InChI is InChI=1S/C20H24ClN3O2/c1-15(26-17-6-4-3-5-7-17)20(25)22-18-14-16(21)8-9-19(18)24-12-10-23(2)11-13-24/h3-9,14-15H,10-13H2,1-2H3,(H,22,25). The van der Waals surface area contributed by atoms with Crippen molar-refractivity contribution in [3.05, 3.63) is 53.6 Å². The van der Waals surface area contributed by atoms with E-state index in [-0.39, 0.29) is 5.91 Å². The maximum Gasteiger partial charge on any atom is 0.265 e. The first-order chi connectivity index (χ1) is 12.5. The second-order valence-corrected chi connectivity index (χ2v) is 6.95. The second kappa shape index (κ2) is 8.43. The van der Waals surface area contributed by atoms with Gasteiger partial charge in [-0.2, -0.15) is 0 Å². The van der Waals surface area contributed by atoms with Crippen LogP contribution in [0.15, 0.2) is 48.5 Å². The van der Waals surface area contributed by atoms with Crippen LogP contribution in [0.4, 0.5) is 11.4 Å². The van der Waals surface area contributed by atoms with Gasteiger partial charge in [0.15, 0.2) is 6.10 Å². The van der Waals surface area contributed by atoms with E-state index in [1.54, 1.807) is 13.0 Å². The Morgan fingerprint density at radius 3 is 2.50 bits per heavy atom. The fourth-order valence-electron chi connectivity index (χ4n) is 2.92. The number of nitrogens with zero attached hydrogens (tertiary/aromatic N) is 2. The molecule has 6 heteroatoms. The first kappa shape index (κ1) is 18.5. The summed E-state index contributed by atoms with van der Waals surface area (Å²) in [5, 5.41) is 3.57. The Kier molecular flexibility index (Phi) is 6.01. The third kappa shape index (κ3) is 4.68. The first-order valence-electron chi connectivity index (χ1n) is 8.78. The van der Waals surface area contributed by atoms with Crippen molar-refractivity contribution in [3.63, 3.8) is 0 Å². The van der Waals surface area contributed by atoms with Crippen molar-refractivity contribution < 1.29 is 9.53 Å². The van der Waals surface area contributed by atoms with Gasteiger partial charge in [0.05, 0.1) is 11.4 Å². The summed E-state index contributed by atoms with van der Waals surface area (Å²) >= 11 is 6.16. The van der Waals surface area contributed by atoms with Gasteiger partial charge < -0.3 is 19.9 Å². The minimum absolute atomic E-state index is 0.202. The highest BCUT2D eigenvalue weighted by atomic mass is 35.5. The third-order valence-corrected chi connectivity index (χ3v) is 4.72. The first-order valence-corrected chi connectivity index (χ1v) is 9.16. The monoisotopic (exact) mass is 373 g/mol. The minimum Gasteiger partial charge on any atom is -0.481 e. The van der Waals surface area contributed by atoms with E-state index in [2.05, 4.69) is 22.2 Å². The minimum atomic E-state index is -0.614. The number of carbonyl (C=O) groups excluding carboxylic acids is 1. The molecule has 0 saturated carbocycles. The van der Waals surface area contributed by atoms with E-state index in [9.17, 15) is 4.79 Å².